The summed E-state index contributed by atoms with van der Waals surface area (Å²) in [6.07, 6.45) is 2.01. The number of carbonyl (C=O) groups excluding carboxylic acids is 2. The molecule has 0 aliphatic carbocycles. The number of unbranched alkanes of at least 4 members (excludes halogenated alkanes) is 1. The monoisotopic (exact) mass is 388 g/mol. The topological polar surface area (TPSA) is 58.2 Å². The second kappa shape index (κ2) is 8.64. The van der Waals surface area contributed by atoms with Crippen molar-refractivity contribution in [3.63, 3.8) is 0 Å². The normalized spacial score (nSPS) is 10.3. The Hall–Kier alpha value is -2.14. The zero-order valence-corrected chi connectivity index (χ0v) is 15.4. The molecule has 2 aromatic rings. The van der Waals surface area contributed by atoms with Crippen molar-refractivity contribution in [2.75, 3.05) is 11.9 Å². The first-order valence-electron chi connectivity index (χ1n) is 7.97. The van der Waals surface area contributed by atoms with E-state index in [1.54, 1.807) is 36.4 Å². The lowest BCUT2D eigenvalue weighted by atomic mass is 10.1. The van der Waals surface area contributed by atoms with Gasteiger partial charge in [-0.05, 0) is 55.3 Å². The summed E-state index contributed by atoms with van der Waals surface area (Å²) in [6, 6.07) is 12.4. The predicted molar refractivity (Wildman–Crippen MR) is 101 cm³/mol. The number of hydrogen-bond acceptors (Lipinski definition) is 2. The first-order chi connectivity index (χ1) is 11.5. The van der Waals surface area contributed by atoms with Gasteiger partial charge in [-0.3, -0.25) is 9.59 Å². The molecule has 0 atom stereocenters. The minimum Gasteiger partial charge on any atom is -0.352 e. The van der Waals surface area contributed by atoms with Gasteiger partial charge in [0.15, 0.2) is 0 Å². The minimum atomic E-state index is -0.184. The van der Waals surface area contributed by atoms with Gasteiger partial charge in [0.2, 0.25) is 0 Å². The third kappa shape index (κ3) is 4.93. The zero-order valence-electron chi connectivity index (χ0n) is 13.9. The molecule has 0 bridgehead atoms. The van der Waals surface area contributed by atoms with Gasteiger partial charge in [0, 0.05) is 27.8 Å². The van der Waals surface area contributed by atoms with Crippen molar-refractivity contribution in [1.82, 2.24) is 5.32 Å². The largest absolute Gasteiger partial charge is 0.352 e. The molecule has 0 aliphatic rings. The number of benzene rings is 2. The van der Waals surface area contributed by atoms with E-state index in [2.05, 4.69) is 33.5 Å². The van der Waals surface area contributed by atoms with Crippen molar-refractivity contribution in [1.29, 1.82) is 0 Å². The van der Waals surface area contributed by atoms with E-state index in [-0.39, 0.29) is 11.8 Å². The Morgan fingerprint density at radius 1 is 1.00 bits per heavy atom. The lowest BCUT2D eigenvalue weighted by Gasteiger charge is -2.08. The summed E-state index contributed by atoms with van der Waals surface area (Å²) in [4.78, 5) is 24.2. The third-order valence-corrected chi connectivity index (χ3v) is 4.51. The standard InChI is InChI=1S/C19H21BrN2O2/c1-3-4-11-21-18(23)14-7-9-16(10-8-14)22-19(24)15-6-5-13(2)17(20)12-15/h5-10,12H,3-4,11H2,1-2H3,(H,21,23)(H,22,24). The van der Waals surface area contributed by atoms with Crippen molar-refractivity contribution < 1.29 is 9.59 Å². The maximum atomic E-state index is 12.3. The Morgan fingerprint density at radius 3 is 2.29 bits per heavy atom. The highest BCUT2D eigenvalue weighted by molar-refractivity contribution is 9.10. The predicted octanol–water partition coefficient (Wildman–Crippen LogP) is 4.54. The molecule has 5 heteroatoms. The number of anilines is 1. The van der Waals surface area contributed by atoms with Gasteiger partial charge < -0.3 is 10.6 Å². The van der Waals surface area contributed by atoms with E-state index < -0.39 is 0 Å². The summed E-state index contributed by atoms with van der Waals surface area (Å²) in [7, 11) is 0. The highest BCUT2D eigenvalue weighted by Crippen LogP contribution is 2.19. The molecule has 2 aromatic carbocycles. The number of carbonyl (C=O) groups is 2. The van der Waals surface area contributed by atoms with Crippen LogP contribution in [0.25, 0.3) is 0 Å². The van der Waals surface area contributed by atoms with E-state index in [1.165, 1.54) is 0 Å². The molecule has 0 saturated carbocycles. The van der Waals surface area contributed by atoms with Gasteiger partial charge in [0.1, 0.15) is 0 Å². The number of nitrogens with one attached hydrogen (secondary N) is 2. The average Bonchev–Trinajstić information content (AvgIpc) is 2.58. The van der Waals surface area contributed by atoms with Gasteiger partial charge in [-0.15, -0.1) is 0 Å². The lowest BCUT2D eigenvalue weighted by Crippen LogP contribution is -2.24. The van der Waals surface area contributed by atoms with Crippen LogP contribution in [0, 0.1) is 6.92 Å². The van der Waals surface area contributed by atoms with Gasteiger partial charge in [-0.1, -0.05) is 35.3 Å². The molecule has 0 aromatic heterocycles. The van der Waals surface area contributed by atoms with Crippen molar-refractivity contribution in [3.8, 4) is 0 Å². The van der Waals surface area contributed by atoms with Gasteiger partial charge >= 0.3 is 0 Å². The van der Waals surface area contributed by atoms with Crippen LogP contribution in [0.1, 0.15) is 46.0 Å². The van der Waals surface area contributed by atoms with Gasteiger partial charge in [-0.2, -0.15) is 0 Å². The van der Waals surface area contributed by atoms with Crippen LogP contribution in [0.15, 0.2) is 46.9 Å². The Kier molecular flexibility index (Phi) is 6.55. The Labute approximate surface area is 150 Å². The summed E-state index contributed by atoms with van der Waals surface area (Å²) >= 11 is 3.43. The van der Waals surface area contributed by atoms with E-state index in [0.717, 1.165) is 22.9 Å². The molecule has 24 heavy (non-hydrogen) atoms. The van der Waals surface area contributed by atoms with Crippen molar-refractivity contribution in [2.45, 2.75) is 26.7 Å². The molecule has 0 unspecified atom stereocenters. The molecule has 2 rings (SSSR count). The van der Waals surface area contributed by atoms with E-state index in [4.69, 9.17) is 0 Å². The average molecular weight is 389 g/mol. The Morgan fingerprint density at radius 2 is 1.67 bits per heavy atom. The SMILES string of the molecule is CCCCNC(=O)c1ccc(NC(=O)c2ccc(C)c(Br)c2)cc1. The number of halogens is 1. The number of rotatable bonds is 6. The smallest absolute Gasteiger partial charge is 0.255 e. The van der Waals surface area contributed by atoms with Crippen molar-refractivity contribution in [2.24, 2.45) is 0 Å². The molecule has 0 radical (unpaired) electrons. The molecule has 0 saturated heterocycles. The molecule has 2 N–H and O–H groups in total. The van der Waals surface area contributed by atoms with Crippen LogP contribution in [0.2, 0.25) is 0 Å². The molecule has 126 valence electrons. The molecule has 2 amide bonds. The number of hydrogen-bond donors (Lipinski definition) is 2. The number of aryl methyl sites for hydroxylation is 1. The van der Waals surface area contributed by atoms with Crippen LogP contribution in [-0.2, 0) is 0 Å². The summed E-state index contributed by atoms with van der Waals surface area (Å²) in [5.74, 6) is -0.278. The van der Waals surface area contributed by atoms with Crippen LogP contribution in [0.4, 0.5) is 5.69 Å². The van der Waals surface area contributed by atoms with Crippen LogP contribution < -0.4 is 10.6 Å². The van der Waals surface area contributed by atoms with Crippen LogP contribution >= 0.6 is 15.9 Å². The Bertz CT molecular complexity index is 727. The molecule has 4 nitrogen and oxygen atoms in total. The fraction of sp³-hybridized carbons (Fsp3) is 0.263. The van der Waals surface area contributed by atoms with E-state index in [0.29, 0.717) is 23.4 Å². The van der Waals surface area contributed by atoms with E-state index in [9.17, 15) is 9.59 Å². The molecular formula is C19H21BrN2O2. The zero-order chi connectivity index (χ0) is 17.5. The molecule has 0 aliphatic heterocycles. The maximum absolute atomic E-state index is 12.3. The molecule has 0 spiro atoms. The van der Waals surface area contributed by atoms with Gasteiger partial charge in [-0.25, -0.2) is 0 Å². The fourth-order valence-corrected chi connectivity index (χ4v) is 2.50. The summed E-state index contributed by atoms with van der Waals surface area (Å²) in [5.41, 5.74) is 2.89. The minimum absolute atomic E-state index is 0.0937. The molecular weight excluding hydrogens is 368 g/mol. The lowest BCUT2D eigenvalue weighted by molar-refractivity contribution is 0.0952. The third-order valence-electron chi connectivity index (χ3n) is 3.65. The highest BCUT2D eigenvalue weighted by atomic mass is 79.9. The second-order valence-corrected chi connectivity index (χ2v) is 6.46. The summed E-state index contributed by atoms with van der Waals surface area (Å²) < 4.78 is 0.897. The van der Waals surface area contributed by atoms with E-state index in [1.807, 2.05) is 13.0 Å². The first kappa shape index (κ1) is 18.2. The van der Waals surface area contributed by atoms with Crippen molar-refractivity contribution >= 4 is 33.4 Å². The van der Waals surface area contributed by atoms with Gasteiger partial charge in [0.25, 0.3) is 11.8 Å². The van der Waals surface area contributed by atoms with Crippen LogP contribution in [-0.4, -0.2) is 18.4 Å². The summed E-state index contributed by atoms with van der Waals surface area (Å²) in [6.45, 7) is 4.72. The number of amides is 2. The second-order valence-electron chi connectivity index (χ2n) is 5.60. The molecule has 0 heterocycles. The van der Waals surface area contributed by atoms with Gasteiger partial charge in [0.05, 0.1) is 0 Å². The summed E-state index contributed by atoms with van der Waals surface area (Å²) in [5, 5.41) is 5.70. The van der Waals surface area contributed by atoms with E-state index >= 15 is 0 Å². The quantitative estimate of drug-likeness (QED) is 0.713. The fourth-order valence-electron chi connectivity index (χ4n) is 2.12. The molecule has 0 fully saturated rings. The maximum Gasteiger partial charge on any atom is 0.255 e. The van der Waals surface area contributed by atoms with Crippen LogP contribution in [0.3, 0.4) is 0 Å². The van der Waals surface area contributed by atoms with Crippen molar-refractivity contribution in [3.05, 3.63) is 63.6 Å². The highest BCUT2D eigenvalue weighted by Gasteiger charge is 2.09. The first-order valence-corrected chi connectivity index (χ1v) is 8.76. The Balaban J connectivity index is 1.99. The van der Waals surface area contributed by atoms with Crippen LogP contribution in [0.5, 0.6) is 0 Å².